The number of nitrogens with one attached hydrogen (secondary N) is 2. The van der Waals surface area contributed by atoms with Crippen LogP contribution in [0.25, 0.3) is 5.57 Å². The van der Waals surface area contributed by atoms with E-state index in [4.69, 9.17) is 21.1 Å². The van der Waals surface area contributed by atoms with Crippen LogP contribution in [0.1, 0.15) is 57.6 Å². The number of thiazole rings is 1. The van der Waals surface area contributed by atoms with Crippen LogP contribution in [0.3, 0.4) is 0 Å². The molecule has 4 rings (SSSR count). The number of allylic oxidation sites excluding steroid dienone is 4. The fraction of sp³-hybridized carbons (Fsp3) is 0.269. The van der Waals surface area contributed by atoms with Crippen molar-refractivity contribution in [2.24, 2.45) is 0 Å². The average molecular weight is 593 g/mol. The van der Waals surface area contributed by atoms with E-state index in [-0.39, 0.29) is 29.1 Å². The van der Waals surface area contributed by atoms with E-state index in [0.717, 1.165) is 23.1 Å². The molecule has 3 atom stereocenters. The topological polar surface area (TPSA) is 114 Å². The van der Waals surface area contributed by atoms with Crippen molar-refractivity contribution in [2.45, 2.75) is 38.4 Å². The molecule has 9 nitrogen and oxygen atoms in total. The van der Waals surface area contributed by atoms with E-state index in [0.29, 0.717) is 28.2 Å². The molecule has 14 heteroatoms. The van der Waals surface area contributed by atoms with Gasteiger partial charge >= 0.3 is 6.18 Å². The number of carbonyl (C=O) groups is 1. The highest BCUT2D eigenvalue weighted by Gasteiger charge is 2.43. The largest absolute Gasteiger partial charge is 0.497 e. The van der Waals surface area contributed by atoms with Gasteiger partial charge in [0.1, 0.15) is 40.1 Å². The second-order valence-electron chi connectivity index (χ2n) is 8.46. The lowest BCUT2D eigenvalue weighted by atomic mass is 10.1. The SMILES string of the molecule is C=C/C(=C\C(=C/C)OC)c1cc(C2OC2NC(C)c2ncc(C(=O)Nc3cc(C(F)(F)F)c(Cl)cn3)s2)ncn1. The number of halogens is 4. The van der Waals surface area contributed by atoms with Gasteiger partial charge in [0.05, 0.1) is 41.3 Å². The minimum Gasteiger partial charge on any atom is -0.497 e. The van der Waals surface area contributed by atoms with E-state index in [1.54, 1.807) is 13.2 Å². The first kappa shape index (κ1) is 29.3. The lowest BCUT2D eigenvalue weighted by molar-refractivity contribution is -0.137. The number of methoxy groups -OCH3 is 1. The zero-order valence-electron chi connectivity index (χ0n) is 21.5. The van der Waals surface area contributed by atoms with Gasteiger partial charge in [-0.3, -0.25) is 10.1 Å². The van der Waals surface area contributed by atoms with Crippen molar-refractivity contribution >= 4 is 40.2 Å². The van der Waals surface area contributed by atoms with Gasteiger partial charge in [-0.25, -0.2) is 19.9 Å². The maximum absolute atomic E-state index is 13.1. The monoisotopic (exact) mass is 592 g/mol. The standard InChI is InChI=1S/C26H24ClF3N6O3S/c1-5-14(7-15(6-2)38-4)18-9-19(34-12-33-18)22-24(39-22)35-13(3)25-32-11-20(40-25)23(37)36-21-8-16(26(28,29)30)17(27)10-31-21/h5-13,22,24,35H,1H2,2-4H3,(H,31,36,37)/b14-7+,15-6+. The van der Waals surface area contributed by atoms with Crippen molar-refractivity contribution in [2.75, 3.05) is 12.4 Å². The maximum Gasteiger partial charge on any atom is 0.418 e. The van der Waals surface area contributed by atoms with Crippen LogP contribution in [0.5, 0.6) is 0 Å². The van der Waals surface area contributed by atoms with Crippen LogP contribution in [-0.2, 0) is 15.7 Å². The van der Waals surface area contributed by atoms with Gasteiger partial charge in [0.15, 0.2) is 0 Å². The van der Waals surface area contributed by atoms with Crippen molar-refractivity contribution in [3.05, 3.63) is 93.3 Å². The number of amides is 1. The predicted molar refractivity (Wildman–Crippen MR) is 144 cm³/mol. The van der Waals surface area contributed by atoms with Crippen molar-refractivity contribution < 1.29 is 27.4 Å². The third-order valence-electron chi connectivity index (χ3n) is 5.74. The highest BCUT2D eigenvalue weighted by Crippen LogP contribution is 2.38. The second-order valence-corrected chi connectivity index (χ2v) is 9.93. The van der Waals surface area contributed by atoms with Crippen LogP contribution < -0.4 is 10.6 Å². The average Bonchev–Trinajstić information content (AvgIpc) is 3.50. The van der Waals surface area contributed by atoms with E-state index in [1.807, 2.05) is 32.1 Å². The molecular formula is C26H24ClF3N6O3S. The molecule has 0 spiro atoms. The summed E-state index contributed by atoms with van der Waals surface area (Å²) in [4.78, 5) is 29.5. The number of nitrogens with zero attached hydrogens (tertiary/aromatic N) is 4. The molecule has 3 unspecified atom stereocenters. The Morgan fingerprint density at radius 3 is 2.70 bits per heavy atom. The van der Waals surface area contributed by atoms with Crippen molar-refractivity contribution in [1.82, 2.24) is 25.3 Å². The third kappa shape index (κ3) is 6.91. The number of rotatable bonds is 10. The summed E-state index contributed by atoms with van der Waals surface area (Å²) in [6.07, 6.45) is 3.60. The van der Waals surface area contributed by atoms with Gasteiger partial charge in [-0.2, -0.15) is 13.2 Å². The summed E-state index contributed by atoms with van der Waals surface area (Å²) in [5, 5.41) is 5.65. The van der Waals surface area contributed by atoms with Crippen LogP contribution in [0.2, 0.25) is 5.02 Å². The molecule has 1 aliphatic heterocycles. The normalized spacial score (nSPS) is 18.3. The Morgan fingerprint density at radius 1 is 1.25 bits per heavy atom. The Balaban J connectivity index is 1.38. The van der Waals surface area contributed by atoms with E-state index in [1.165, 1.54) is 12.5 Å². The molecule has 0 saturated carbocycles. The Bertz CT molecular complexity index is 1480. The molecule has 40 heavy (non-hydrogen) atoms. The van der Waals surface area contributed by atoms with Gasteiger partial charge in [-0.15, -0.1) is 11.3 Å². The fourth-order valence-electron chi connectivity index (χ4n) is 3.61. The second kappa shape index (κ2) is 12.3. The number of anilines is 1. The summed E-state index contributed by atoms with van der Waals surface area (Å²) in [5.41, 5.74) is 1.00. The number of epoxide rings is 1. The van der Waals surface area contributed by atoms with Gasteiger partial charge in [0.25, 0.3) is 5.91 Å². The summed E-state index contributed by atoms with van der Waals surface area (Å²) in [7, 11) is 1.58. The van der Waals surface area contributed by atoms with Crippen molar-refractivity contribution in [3.63, 3.8) is 0 Å². The lowest BCUT2D eigenvalue weighted by Gasteiger charge is -2.10. The molecule has 3 aromatic heterocycles. The van der Waals surface area contributed by atoms with Crippen molar-refractivity contribution in [1.29, 1.82) is 0 Å². The number of ether oxygens (including phenoxy) is 2. The Kier molecular flexibility index (Phi) is 8.98. The number of hydrogen-bond donors (Lipinski definition) is 2. The maximum atomic E-state index is 13.1. The molecule has 0 radical (unpaired) electrons. The summed E-state index contributed by atoms with van der Waals surface area (Å²) in [6, 6.07) is 2.20. The molecule has 4 heterocycles. The molecule has 1 fully saturated rings. The minimum atomic E-state index is -4.68. The van der Waals surface area contributed by atoms with Gasteiger partial charge in [-0.05, 0) is 38.1 Å². The number of hydrogen-bond acceptors (Lipinski definition) is 9. The van der Waals surface area contributed by atoms with Crippen molar-refractivity contribution in [3.8, 4) is 0 Å². The molecule has 0 bridgehead atoms. The van der Waals surface area contributed by atoms with E-state index in [9.17, 15) is 18.0 Å². The highest BCUT2D eigenvalue weighted by atomic mass is 35.5. The molecule has 0 aliphatic carbocycles. The summed E-state index contributed by atoms with van der Waals surface area (Å²) >= 11 is 6.67. The molecule has 2 N–H and O–H groups in total. The quantitative estimate of drug-likeness (QED) is 0.164. The Morgan fingerprint density at radius 2 is 2.02 bits per heavy atom. The number of aromatic nitrogens is 4. The van der Waals surface area contributed by atoms with Crippen LogP contribution in [0.15, 0.2) is 61.4 Å². The highest BCUT2D eigenvalue weighted by molar-refractivity contribution is 7.13. The molecular weight excluding hydrogens is 569 g/mol. The van der Waals surface area contributed by atoms with Gasteiger partial charge in [0.2, 0.25) is 0 Å². The zero-order valence-corrected chi connectivity index (χ0v) is 23.1. The van der Waals surface area contributed by atoms with E-state index >= 15 is 0 Å². The van der Waals surface area contributed by atoms with Crippen LogP contribution in [0.4, 0.5) is 19.0 Å². The van der Waals surface area contributed by atoms with Gasteiger partial charge in [0, 0.05) is 11.8 Å². The smallest absolute Gasteiger partial charge is 0.418 e. The number of pyridine rings is 1. The summed E-state index contributed by atoms with van der Waals surface area (Å²) in [6.45, 7) is 7.56. The molecule has 1 saturated heterocycles. The van der Waals surface area contributed by atoms with E-state index < -0.39 is 22.7 Å². The molecule has 1 amide bonds. The molecule has 210 valence electrons. The summed E-state index contributed by atoms with van der Waals surface area (Å²) < 4.78 is 50.4. The first-order valence-electron chi connectivity index (χ1n) is 11.8. The molecule has 1 aliphatic rings. The number of carbonyl (C=O) groups excluding carboxylic acids is 1. The first-order chi connectivity index (χ1) is 19.0. The zero-order chi connectivity index (χ0) is 29.0. The molecule has 3 aromatic rings. The van der Waals surface area contributed by atoms with Crippen LogP contribution in [-0.4, -0.2) is 39.2 Å². The molecule has 0 aromatic carbocycles. The third-order valence-corrected chi connectivity index (χ3v) is 7.22. The number of alkyl halides is 3. The Labute approximate surface area is 236 Å². The fourth-order valence-corrected chi connectivity index (χ4v) is 4.65. The minimum absolute atomic E-state index is 0.197. The van der Waals surface area contributed by atoms with E-state index in [2.05, 4.69) is 37.1 Å². The summed E-state index contributed by atoms with van der Waals surface area (Å²) in [5.74, 6) is -0.258. The van der Waals surface area contributed by atoms with Crippen LogP contribution >= 0.6 is 22.9 Å². The first-order valence-corrected chi connectivity index (χ1v) is 13.0. The predicted octanol–water partition coefficient (Wildman–Crippen LogP) is 6.12. The van der Waals surface area contributed by atoms with Gasteiger partial charge in [-0.1, -0.05) is 24.3 Å². The Hall–Kier alpha value is -3.65. The van der Waals surface area contributed by atoms with Gasteiger partial charge < -0.3 is 14.8 Å². The van der Waals surface area contributed by atoms with Crippen LogP contribution in [0, 0.1) is 0 Å². The lowest BCUT2D eigenvalue weighted by Crippen LogP contribution is -2.22.